The van der Waals surface area contributed by atoms with Crippen LogP contribution in [-0.4, -0.2) is 23.0 Å². The highest BCUT2D eigenvalue weighted by Crippen LogP contribution is 2.06. The molecule has 0 saturated carbocycles. The van der Waals surface area contributed by atoms with Crippen LogP contribution < -0.4 is 5.32 Å². The van der Waals surface area contributed by atoms with Crippen LogP contribution >= 0.6 is 0 Å². The Labute approximate surface area is 97.4 Å². The lowest BCUT2D eigenvalue weighted by Crippen LogP contribution is -2.41. The van der Waals surface area contributed by atoms with Gasteiger partial charge in [0, 0.05) is 6.42 Å². The highest BCUT2D eigenvalue weighted by Gasteiger charge is 2.20. The Morgan fingerprint density at radius 1 is 1.25 bits per heavy atom. The first-order valence-corrected chi connectivity index (χ1v) is 5.99. The van der Waals surface area contributed by atoms with Gasteiger partial charge < -0.3 is 10.4 Å². The minimum atomic E-state index is -0.947. The number of unbranched alkanes of at least 4 members (excludes halogenated alkanes) is 2. The van der Waals surface area contributed by atoms with Gasteiger partial charge in [0.1, 0.15) is 6.04 Å². The van der Waals surface area contributed by atoms with Crippen LogP contribution in [0.5, 0.6) is 0 Å². The summed E-state index contributed by atoms with van der Waals surface area (Å²) in [6.07, 6.45) is 3.80. The van der Waals surface area contributed by atoms with Gasteiger partial charge in [-0.3, -0.25) is 4.79 Å². The second kappa shape index (κ2) is 8.13. The first-order valence-electron chi connectivity index (χ1n) is 5.99. The summed E-state index contributed by atoms with van der Waals surface area (Å²) in [7, 11) is 0. The van der Waals surface area contributed by atoms with E-state index >= 15 is 0 Å². The van der Waals surface area contributed by atoms with E-state index < -0.39 is 12.0 Å². The van der Waals surface area contributed by atoms with Gasteiger partial charge in [-0.1, -0.05) is 33.6 Å². The third-order valence-corrected chi connectivity index (χ3v) is 2.35. The van der Waals surface area contributed by atoms with Crippen LogP contribution in [0.1, 0.15) is 52.9 Å². The van der Waals surface area contributed by atoms with Crippen molar-refractivity contribution in [3.8, 4) is 0 Å². The van der Waals surface area contributed by atoms with E-state index in [0.717, 1.165) is 19.3 Å². The first kappa shape index (κ1) is 14.9. The Bertz CT molecular complexity index is 226. The highest BCUT2D eigenvalue weighted by atomic mass is 16.4. The van der Waals surface area contributed by atoms with E-state index in [2.05, 4.69) is 12.2 Å². The Balaban J connectivity index is 3.98. The van der Waals surface area contributed by atoms with Crippen molar-refractivity contribution in [1.82, 2.24) is 5.32 Å². The zero-order chi connectivity index (χ0) is 12.6. The van der Waals surface area contributed by atoms with E-state index in [1.54, 1.807) is 0 Å². The number of carbonyl (C=O) groups is 2. The van der Waals surface area contributed by atoms with Gasteiger partial charge in [0.2, 0.25) is 5.91 Å². The molecule has 1 amide bonds. The smallest absolute Gasteiger partial charge is 0.326 e. The first-order chi connectivity index (χ1) is 7.47. The fourth-order valence-corrected chi connectivity index (χ4v) is 1.49. The largest absolute Gasteiger partial charge is 0.480 e. The molecule has 94 valence electrons. The fourth-order valence-electron chi connectivity index (χ4n) is 1.49. The summed E-state index contributed by atoms with van der Waals surface area (Å²) in [5.74, 6) is -0.837. The Hall–Kier alpha value is -1.06. The summed E-state index contributed by atoms with van der Waals surface area (Å²) in [6.45, 7) is 5.95. The summed E-state index contributed by atoms with van der Waals surface area (Å²) in [5.41, 5.74) is 0. The topological polar surface area (TPSA) is 66.4 Å². The molecule has 0 saturated heterocycles. The SMILES string of the molecule is CCCCCC(=O)N[C@@H](CC(C)C)C(=O)O. The van der Waals surface area contributed by atoms with Crippen molar-refractivity contribution >= 4 is 11.9 Å². The second-order valence-corrected chi connectivity index (χ2v) is 4.54. The number of nitrogens with one attached hydrogen (secondary N) is 1. The molecule has 0 aliphatic carbocycles. The predicted molar refractivity (Wildman–Crippen MR) is 63.2 cm³/mol. The molecule has 4 heteroatoms. The van der Waals surface area contributed by atoms with E-state index in [1.807, 2.05) is 13.8 Å². The molecule has 2 N–H and O–H groups in total. The zero-order valence-electron chi connectivity index (χ0n) is 10.5. The third kappa shape index (κ3) is 7.26. The zero-order valence-corrected chi connectivity index (χ0v) is 10.5. The van der Waals surface area contributed by atoms with Gasteiger partial charge in [-0.15, -0.1) is 0 Å². The van der Waals surface area contributed by atoms with Crippen LogP contribution in [0.25, 0.3) is 0 Å². The predicted octanol–water partition coefficient (Wildman–Crippen LogP) is 2.18. The highest BCUT2D eigenvalue weighted by molar-refractivity contribution is 5.83. The maximum absolute atomic E-state index is 11.4. The van der Waals surface area contributed by atoms with E-state index in [4.69, 9.17) is 5.11 Å². The molecule has 0 aliphatic rings. The molecular weight excluding hydrogens is 206 g/mol. The number of carboxylic acid groups (broad SMARTS) is 1. The van der Waals surface area contributed by atoms with E-state index in [-0.39, 0.29) is 11.8 Å². The fraction of sp³-hybridized carbons (Fsp3) is 0.833. The van der Waals surface area contributed by atoms with E-state index in [1.165, 1.54) is 0 Å². The number of rotatable bonds is 8. The maximum atomic E-state index is 11.4. The molecule has 0 spiro atoms. The van der Waals surface area contributed by atoms with Crippen molar-refractivity contribution in [2.45, 2.75) is 58.9 Å². The lowest BCUT2D eigenvalue weighted by atomic mass is 10.0. The summed E-state index contributed by atoms with van der Waals surface area (Å²) in [6, 6.07) is -0.742. The Kier molecular flexibility index (Phi) is 7.60. The minimum absolute atomic E-state index is 0.151. The number of carbonyl (C=O) groups excluding carboxylic acids is 1. The van der Waals surface area contributed by atoms with Gasteiger partial charge >= 0.3 is 5.97 Å². The quantitative estimate of drug-likeness (QED) is 0.627. The normalized spacial score (nSPS) is 12.5. The van der Waals surface area contributed by atoms with Crippen LogP contribution in [0.3, 0.4) is 0 Å². The number of aliphatic carboxylic acids is 1. The molecule has 0 fully saturated rings. The van der Waals surface area contributed by atoms with Crippen LogP contribution in [0.4, 0.5) is 0 Å². The molecule has 4 nitrogen and oxygen atoms in total. The minimum Gasteiger partial charge on any atom is -0.480 e. The number of hydrogen-bond donors (Lipinski definition) is 2. The molecule has 0 radical (unpaired) electrons. The maximum Gasteiger partial charge on any atom is 0.326 e. The van der Waals surface area contributed by atoms with Crippen LogP contribution in [0.15, 0.2) is 0 Å². The van der Waals surface area contributed by atoms with E-state index in [9.17, 15) is 9.59 Å². The molecule has 0 aromatic rings. The molecule has 1 atom stereocenters. The Morgan fingerprint density at radius 2 is 1.88 bits per heavy atom. The molecule has 0 aromatic heterocycles. The van der Waals surface area contributed by atoms with Gasteiger partial charge in [0.05, 0.1) is 0 Å². The molecule has 0 aliphatic heterocycles. The lowest BCUT2D eigenvalue weighted by molar-refractivity contribution is -0.142. The van der Waals surface area contributed by atoms with Crippen LogP contribution in [0, 0.1) is 5.92 Å². The average Bonchev–Trinajstić information content (AvgIpc) is 2.16. The summed E-state index contributed by atoms with van der Waals surface area (Å²) >= 11 is 0. The Morgan fingerprint density at radius 3 is 2.31 bits per heavy atom. The molecule has 0 aromatic carbocycles. The summed E-state index contributed by atoms with van der Waals surface area (Å²) in [4.78, 5) is 22.3. The van der Waals surface area contributed by atoms with E-state index in [0.29, 0.717) is 12.8 Å². The average molecular weight is 229 g/mol. The van der Waals surface area contributed by atoms with Crippen molar-refractivity contribution in [1.29, 1.82) is 0 Å². The van der Waals surface area contributed by atoms with Gasteiger partial charge in [-0.05, 0) is 18.8 Å². The standard InChI is InChI=1S/C12H23NO3/c1-4-5-6-7-11(14)13-10(12(15)16)8-9(2)3/h9-10H,4-8H2,1-3H3,(H,13,14)(H,15,16)/t10-/m0/s1. The molecule has 0 heterocycles. The van der Waals surface area contributed by atoms with Crippen molar-refractivity contribution in [3.05, 3.63) is 0 Å². The number of amides is 1. The monoisotopic (exact) mass is 229 g/mol. The van der Waals surface area contributed by atoms with Gasteiger partial charge in [-0.25, -0.2) is 4.79 Å². The van der Waals surface area contributed by atoms with Crippen molar-refractivity contribution in [2.75, 3.05) is 0 Å². The third-order valence-electron chi connectivity index (χ3n) is 2.35. The molecule has 0 rings (SSSR count). The van der Waals surface area contributed by atoms with Crippen molar-refractivity contribution in [3.63, 3.8) is 0 Å². The van der Waals surface area contributed by atoms with Crippen LogP contribution in [0.2, 0.25) is 0 Å². The van der Waals surface area contributed by atoms with Crippen LogP contribution in [-0.2, 0) is 9.59 Å². The van der Waals surface area contributed by atoms with Gasteiger partial charge in [-0.2, -0.15) is 0 Å². The van der Waals surface area contributed by atoms with Crippen molar-refractivity contribution in [2.24, 2.45) is 5.92 Å². The van der Waals surface area contributed by atoms with Crippen molar-refractivity contribution < 1.29 is 14.7 Å². The molecule has 16 heavy (non-hydrogen) atoms. The summed E-state index contributed by atoms with van der Waals surface area (Å²) < 4.78 is 0. The number of hydrogen-bond acceptors (Lipinski definition) is 2. The summed E-state index contributed by atoms with van der Waals surface area (Å²) in [5, 5.41) is 11.5. The second-order valence-electron chi connectivity index (χ2n) is 4.54. The molecule has 0 bridgehead atoms. The number of carboxylic acids is 1. The molecular formula is C12H23NO3. The van der Waals surface area contributed by atoms with Gasteiger partial charge in [0.25, 0.3) is 0 Å². The lowest BCUT2D eigenvalue weighted by Gasteiger charge is -2.16. The molecule has 0 unspecified atom stereocenters. The van der Waals surface area contributed by atoms with Gasteiger partial charge in [0.15, 0.2) is 0 Å².